The van der Waals surface area contributed by atoms with Gasteiger partial charge in [0.25, 0.3) is 0 Å². The fourth-order valence-electron chi connectivity index (χ4n) is 3.22. The van der Waals surface area contributed by atoms with Crippen molar-refractivity contribution in [3.05, 3.63) is 87.0 Å². The van der Waals surface area contributed by atoms with E-state index in [2.05, 4.69) is 63.9 Å². The minimum atomic E-state index is 0.279. The third kappa shape index (κ3) is 3.96. The summed E-state index contributed by atoms with van der Waals surface area (Å²) >= 11 is 8.33. The maximum absolute atomic E-state index is 5.99. The minimum Gasteiger partial charge on any atom is -0.497 e. The van der Waals surface area contributed by atoms with Gasteiger partial charge in [-0.2, -0.15) is 0 Å². The van der Waals surface area contributed by atoms with Crippen molar-refractivity contribution in [3.63, 3.8) is 0 Å². The highest BCUT2D eigenvalue weighted by Gasteiger charge is 2.36. The molecule has 0 bridgehead atoms. The molecule has 1 fully saturated rings. The molecule has 1 heterocycles. The topological polar surface area (TPSA) is 24.8 Å². The molecule has 1 aliphatic heterocycles. The van der Waals surface area contributed by atoms with Crippen molar-refractivity contribution in [2.75, 3.05) is 12.0 Å². The summed E-state index contributed by atoms with van der Waals surface area (Å²) in [7, 11) is 1.68. The summed E-state index contributed by atoms with van der Waals surface area (Å²) in [5.41, 5.74) is 3.31. The van der Waals surface area contributed by atoms with E-state index in [1.807, 2.05) is 36.4 Å². The maximum Gasteiger partial charge on any atom is 0.119 e. The zero-order valence-electron chi connectivity index (χ0n) is 14.8. The van der Waals surface area contributed by atoms with E-state index in [1.165, 1.54) is 9.13 Å². The minimum absolute atomic E-state index is 0.279. The lowest BCUT2D eigenvalue weighted by Crippen LogP contribution is -2.46. The van der Waals surface area contributed by atoms with Crippen LogP contribution in [-0.2, 0) is 0 Å². The van der Waals surface area contributed by atoms with Crippen LogP contribution in [-0.4, -0.2) is 12.9 Å². The molecule has 0 saturated carbocycles. The zero-order valence-corrected chi connectivity index (χ0v) is 17.7. The number of methoxy groups -OCH3 is 1. The second kappa shape index (κ2) is 7.90. The monoisotopic (exact) mass is 488 g/mol. The summed E-state index contributed by atoms with van der Waals surface area (Å²) in [4.78, 5) is 7.14. The molecule has 3 aromatic carbocycles. The summed E-state index contributed by atoms with van der Waals surface area (Å²) in [6.07, 6.45) is 0.898. The van der Waals surface area contributed by atoms with Crippen LogP contribution in [0.1, 0.15) is 18.0 Å². The van der Waals surface area contributed by atoms with E-state index in [4.69, 9.17) is 21.3 Å². The van der Waals surface area contributed by atoms with E-state index in [9.17, 15) is 0 Å². The van der Waals surface area contributed by atoms with Gasteiger partial charge in [0.2, 0.25) is 0 Å². The van der Waals surface area contributed by atoms with Gasteiger partial charge in [0.15, 0.2) is 0 Å². The number of halogens is 2. The van der Waals surface area contributed by atoms with Gasteiger partial charge < -0.3 is 9.64 Å². The molecule has 0 radical (unpaired) electrons. The summed E-state index contributed by atoms with van der Waals surface area (Å²) in [5, 5.41) is 0.719. The number of nitrogens with zero attached hydrogens (tertiary/aromatic N) is 2. The summed E-state index contributed by atoms with van der Waals surface area (Å²) in [6, 6.07) is 24.7. The van der Waals surface area contributed by atoms with Gasteiger partial charge in [-0.05, 0) is 88.8 Å². The van der Waals surface area contributed by atoms with E-state index in [0.717, 1.165) is 34.4 Å². The molecule has 3 nitrogen and oxygen atoms in total. The smallest absolute Gasteiger partial charge is 0.119 e. The van der Waals surface area contributed by atoms with Crippen LogP contribution >= 0.6 is 34.2 Å². The number of hydrogen-bond acceptors (Lipinski definition) is 2. The Hall–Kier alpha value is -2.05. The zero-order chi connectivity index (χ0) is 18.8. The highest BCUT2D eigenvalue weighted by molar-refractivity contribution is 14.1. The van der Waals surface area contributed by atoms with Crippen molar-refractivity contribution in [3.8, 4) is 5.75 Å². The van der Waals surface area contributed by atoms with Gasteiger partial charge in [0.05, 0.1) is 18.8 Å². The van der Waals surface area contributed by atoms with Crippen LogP contribution in [0.25, 0.3) is 0 Å². The van der Waals surface area contributed by atoms with Crippen molar-refractivity contribution >= 4 is 51.4 Å². The third-order valence-corrected chi connectivity index (χ3v) is 5.63. The number of ether oxygens (including phenoxy) is 1. The lowest BCUT2D eigenvalue weighted by molar-refractivity contribution is 0.415. The molecule has 1 atom stereocenters. The van der Waals surface area contributed by atoms with Crippen LogP contribution in [0.15, 0.2) is 77.8 Å². The second-order valence-corrected chi connectivity index (χ2v) is 8.03. The Bertz CT molecular complexity index is 953. The number of aliphatic imine (C=N–C) groups is 1. The van der Waals surface area contributed by atoms with Gasteiger partial charge in [-0.15, -0.1) is 0 Å². The largest absolute Gasteiger partial charge is 0.497 e. The molecule has 0 N–H and O–H groups in total. The van der Waals surface area contributed by atoms with Crippen molar-refractivity contribution in [1.82, 2.24) is 0 Å². The Morgan fingerprint density at radius 2 is 1.63 bits per heavy atom. The van der Waals surface area contributed by atoms with Crippen molar-refractivity contribution in [2.45, 2.75) is 12.5 Å². The van der Waals surface area contributed by atoms with Gasteiger partial charge in [-0.1, -0.05) is 23.7 Å². The number of hydrogen-bond donors (Lipinski definition) is 0. The molecule has 3 aromatic rings. The summed E-state index contributed by atoms with van der Waals surface area (Å²) in [5.74, 6) is 1.90. The Labute approximate surface area is 177 Å². The Morgan fingerprint density at radius 3 is 2.26 bits per heavy atom. The Morgan fingerprint density at radius 1 is 0.963 bits per heavy atom. The first kappa shape index (κ1) is 18.3. The highest BCUT2D eigenvalue weighted by Crippen LogP contribution is 2.41. The first-order valence-electron chi connectivity index (χ1n) is 8.66. The molecular formula is C22H18ClIN2O. The molecule has 1 saturated heterocycles. The van der Waals surface area contributed by atoms with E-state index in [-0.39, 0.29) is 6.04 Å². The van der Waals surface area contributed by atoms with Crippen LogP contribution < -0.4 is 9.64 Å². The van der Waals surface area contributed by atoms with Gasteiger partial charge in [0.1, 0.15) is 11.6 Å². The average Bonchev–Trinajstić information content (AvgIpc) is 2.68. The number of anilines is 1. The standard InChI is InChI=1S/C22H18ClIN2O/c1-27-20-12-10-19(11-13-20)26-21(15-2-6-17(24)7-3-15)14-22(26)25-18-8-4-16(23)5-9-18/h2-13,21H,14H2,1H3/b25-22+. The molecule has 0 spiro atoms. The lowest BCUT2D eigenvalue weighted by atomic mass is 9.92. The molecular weight excluding hydrogens is 471 g/mol. The predicted octanol–water partition coefficient (Wildman–Crippen LogP) is 6.63. The molecule has 1 unspecified atom stereocenters. The molecule has 4 rings (SSSR count). The van der Waals surface area contributed by atoms with Gasteiger partial charge in [0, 0.05) is 20.7 Å². The molecule has 0 aliphatic carbocycles. The molecule has 1 aliphatic rings. The first-order valence-corrected chi connectivity index (χ1v) is 10.1. The van der Waals surface area contributed by atoms with Crippen LogP contribution in [0.4, 0.5) is 11.4 Å². The van der Waals surface area contributed by atoms with Crippen LogP contribution in [0, 0.1) is 3.57 Å². The van der Waals surface area contributed by atoms with Gasteiger partial charge >= 0.3 is 0 Å². The third-order valence-electron chi connectivity index (χ3n) is 4.66. The van der Waals surface area contributed by atoms with E-state index in [0.29, 0.717) is 0 Å². The Kier molecular flexibility index (Phi) is 5.36. The molecule has 136 valence electrons. The van der Waals surface area contributed by atoms with E-state index in [1.54, 1.807) is 7.11 Å². The maximum atomic E-state index is 5.99. The van der Waals surface area contributed by atoms with Crippen molar-refractivity contribution in [1.29, 1.82) is 0 Å². The van der Waals surface area contributed by atoms with E-state index < -0.39 is 0 Å². The number of benzene rings is 3. The van der Waals surface area contributed by atoms with Gasteiger partial charge in [-0.3, -0.25) is 0 Å². The first-order chi connectivity index (χ1) is 13.1. The highest BCUT2D eigenvalue weighted by atomic mass is 127. The molecule has 0 aromatic heterocycles. The summed E-state index contributed by atoms with van der Waals surface area (Å²) < 4.78 is 6.53. The van der Waals surface area contributed by atoms with Crippen LogP contribution in [0.2, 0.25) is 5.02 Å². The normalized spacial score (nSPS) is 17.7. The quantitative estimate of drug-likeness (QED) is 0.385. The van der Waals surface area contributed by atoms with Gasteiger partial charge in [-0.25, -0.2) is 4.99 Å². The number of rotatable bonds is 4. The van der Waals surface area contributed by atoms with Crippen molar-refractivity contribution in [2.24, 2.45) is 4.99 Å². The fraction of sp³-hybridized carbons (Fsp3) is 0.136. The average molecular weight is 489 g/mol. The van der Waals surface area contributed by atoms with Crippen LogP contribution in [0.5, 0.6) is 5.75 Å². The fourth-order valence-corrected chi connectivity index (χ4v) is 3.70. The van der Waals surface area contributed by atoms with Crippen LogP contribution in [0.3, 0.4) is 0 Å². The molecule has 5 heteroatoms. The number of amidine groups is 1. The van der Waals surface area contributed by atoms with E-state index >= 15 is 0 Å². The molecule has 0 amide bonds. The molecule has 27 heavy (non-hydrogen) atoms. The lowest BCUT2D eigenvalue weighted by Gasteiger charge is -2.44. The second-order valence-electron chi connectivity index (χ2n) is 6.34. The SMILES string of the molecule is COc1ccc(N2/C(=N/c3ccc(Cl)cc3)CC2c2ccc(I)cc2)cc1. The Balaban J connectivity index is 1.69. The predicted molar refractivity (Wildman–Crippen MR) is 121 cm³/mol. The summed E-state index contributed by atoms with van der Waals surface area (Å²) in [6.45, 7) is 0. The van der Waals surface area contributed by atoms with Crippen molar-refractivity contribution < 1.29 is 4.74 Å².